The minimum absolute atomic E-state index is 0.139. The van der Waals surface area contributed by atoms with Crippen LogP contribution in [0.3, 0.4) is 0 Å². The van der Waals surface area contributed by atoms with Crippen molar-refractivity contribution in [2.45, 2.75) is 20.3 Å². The van der Waals surface area contributed by atoms with Gasteiger partial charge in [0.2, 0.25) is 5.91 Å². The Bertz CT molecular complexity index is 516. The van der Waals surface area contributed by atoms with Crippen molar-refractivity contribution >= 4 is 11.7 Å². The first-order valence-corrected chi connectivity index (χ1v) is 6.86. The number of anilines is 1. The van der Waals surface area contributed by atoms with Gasteiger partial charge in [-0.3, -0.25) is 4.79 Å². The molecule has 5 nitrogen and oxygen atoms in total. The van der Waals surface area contributed by atoms with E-state index in [0.29, 0.717) is 5.92 Å². The molecule has 0 radical (unpaired) electrons. The molecule has 2 fully saturated rings. The van der Waals surface area contributed by atoms with E-state index in [-0.39, 0.29) is 11.8 Å². The predicted octanol–water partition coefficient (Wildman–Crippen LogP) is 1.01. The number of nitrogens with zero attached hydrogens (tertiary/aromatic N) is 4. The van der Waals surface area contributed by atoms with Crippen molar-refractivity contribution in [3.05, 3.63) is 17.3 Å². The number of carbonyl (C=O) groups is 1. The SMILES string of the molecule is Cc1cnnc(N2C[C@H]3CCN(C)C(=O)[C@H]3C2)c1C. The number of amides is 1. The highest BCUT2D eigenvalue weighted by Crippen LogP contribution is 2.34. The van der Waals surface area contributed by atoms with Gasteiger partial charge in [-0.25, -0.2) is 0 Å². The summed E-state index contributed by atoms with van der Waals surface area (Å²) in [5, 5.41) is 8.33. The van der Waals surface area contributed by atoms with Crippen LogP contribution >= 0.6 is 0 Å². The molecule has 1 aromatic heterocycles. The van der Waals surface area contributed by atoms with Crippen LogP contribution in [0.4, 0.5) is 5.82 Å². The molecule has 0 N–H and O–H groups in total. The second-order valence-corrected chi connectivity index (χ2v) is 5.80. The Balaban J connectivity index is 1.86. The molecule has 0 unspecified atom stereocenters. The Hall–Kier alpha value is -1.65. The summed E-state index contributed by atoms with van der Waals surface area (Å²) in [6.45, 7) is 6.73. The number of hydrogen-bond acceptors (Lipinski definition) is 4. The molecular formula is C14H20N4O. The largest absolute Gasteiger partial charge is 0.354 e. The molecule has 1 aromatic rings. The molecule has 0 bridgehead atoms. The van der Waals surface area contributed by atoms with Gasteiger partial charge in [-0.1, -0.05) is 0 Å². The van der Waals surface area contributed by atoms with Crippen molar-refractivity contribution in [2.24, 2.45) is 11.8 Å². The maximum atomic E-state index is 12.2. The van der Waals surface area contributed by atoms with Crippen molar-refractivity contribution in [1.29, 1.82) is 0 Å². The van der Waals surface area contributed by atoms with Crippen molar-refractivity contribution < 1.29 is 4.79 Å². The van der Waals surface area contributed by atoms with Gasteiger partial charge >= 0.3 is 0 Å². The van der Waals surface area contributed by atoms with Gasteiger partial charge in [-0.05, 0) is 37.3 Å². The monoisotopic (exact) mass is 260 g/mol. The number of likely N-dealkylation sites (tertiary alicyclic amines) is 1. The summed E-state index contributed by atoms with van der Waals surface area (Å²) < 4.78 is 0. The molecule has 5 heteroatoms. The summed E-state index contributed by atoms with van der Waals surface area (Å²) in [6.07, 6.45) is 2.89. The number of hydrogen-bond donors (Lipinski definition) is 0. The maximum absolute atomic E-state index is 12.2. The number of carbonyl (C=O) groups excluding carboxylic acids is 1. The Kier molecular flexibility index (Phi) is 2.92. The second-order valence-electron chi connectivity index (χ2n) is 5.80. The lowest BCUT2D eigenvalue weighted by molar-refractivity contribution is -0.137. The minimum atomic E-state index is 0.139. The smallest absolute Gasteiger partial charge is 0.227 e. The van der Waals surface area contributed by atoms with Crippen LogP contribution in [0.1, 0.15) is 17.5 Å². The fourth-order valence-electron chi connectivity index (χ4n) is 3.19. The van der Waals surface area contributed by atoms with Crippen LogP contribution < -0.4 is 4.90 Å². The summed E-state index contributed by atoms with van der Waals surface area (Å²) in [5.74, 6) is 1.85. The first-order chi connectivity index (χ1) is 9.08. The zero-order valence-corrected chi connectivity index (χ0v) is 11.8. The summed E-state index contributed by atoms with van der Waals surface area (Å²) >= 11 is 0. The van der Waals surface area contributed by atoms with Gasteiger partial charge in [0.1, 0.15) is 0 Å². The molecule has 0 aromatic carbocycles. The molecule has 2 aliphatic heterocycles. The minimum Gasteiger partial charge on any atom is -0.354 e. The summed E-state index contributed by atoms with van der Waals surface area (Å²) in [7, 11) is 1.90. The standard InChI is InChI=1S/C14H20N4O/c1-9-6-15-16-13(10(9)2)18-7-11-4-5-17(3)14(19)12(11)8-18/h6,11-12H,4-5,7-8H2,1-3H3/t11-,12+/m1/s1. The van der Waals surface area contributed by atoms with Gasteiger partial charge < -0.3 is 9.80 Å². The van der Waals surface area contributed by atoms with E-state index >= 15 is 0 Å². The number of aromatic nitrogens is 2. The third-order valence-corrected chi connectivity index (χ3v) is 4.60. The zero-order valence-electron chi connectivity index (χ0n) is 11.8. The molecule has 1 amide bonds. The second kappa shape index (κ2) is 4.47. The zero-order chi connectivity index (χ0) is 13.6. The van der Waals surface area contributed by atoms with Crippen LogP contribution in [0.25, 0.3) is 0 Å². The van der Waals surface area contributed by atoms with E-state index in [1.165, 1.54) is 5.56 Å². The third-order valence-electron chi connectivity index (χ3n) is 4.60. The lowest BCUT2D eigenvalue weighted by Crippen LogP contribution is -2.42. The lowest BCUT2D eigenvalue weighted by Gasteiger charge is -2.30. The number of fused-ring (bicyclic) bond motifs is 1. The Morgan fingerprint density at radius 3 is 2.89 bits per heavy atom. The van der Waals surface area contributed by atoms with E-state index in [0.717, 1.165) is 37.4 Å². The maximum Gasteiger partial charge on any atom is 0.227 e. The molecular weight excluding hydrogens is 240 g/mol. The Morgan fingerprint density at radius 1 is 1.32 bits per heavy atom. The van der Waals surface area contributed by atoms with Crippen LogP contribution in [-0.4, -0.2) is 47.7 Å². The van der Waals surface area contributed by atoms with Crippen molar-refractivity contribution in [3.63, 3.8) is 0 Å². The summed E-state index contributed by atoms with van der Waals surface area (Å²) in [5.41, 5.74) is 2.33. The van der Waals surface area contributed by atoms with Crippen molar-refractivity contribution in [1.82, 2.24) is 15.1 Å². The molecule has 0 aliphatic carbocycles. The fourth-order valence-corrected chi connectivity index (χ4v) is 3.19. The highest BCUT2D eigenvalue weighted by atomic mass is 16.2. The van der Waals surface area contributed by atoms with Crippen LogP contribution in [0, 0.1) is 25.7 Å². The number of piperidine rings is 1. The highest BCUT2D eigenvalue weighted by Gasteiger charge is 2.42. The number of aryl methyl sites for hydroxylation is 1. The Morgan fingerprint density at radius 2 is 2.11 bits per heavy atom. The molecule has 0 spiro atoms. The third kappa shape index (κ3) is 1.97. The quantitative estimate of drug-likeness (QED) is 0.756. The fraction of sp³-hybridized carbons (Fsp3) is 0.643. The Labute approximate surface area is 113 Å². The molecule has 2 aliphatic rings. The van der Waals surface area contributed by atoms with E-state index in [4.69, 9.17) is 0 Å². The molecule has 2 saturated heterocycles. The van der Waals surface area contributed by atoms with Crippen molar-refractivity contribution in [3.8, 4) is 0 Å². The van der Waals surface area contributed by atoms with Gasteiger partial charge in [0.25, 0.3) is 0 Å². The van der Waals surface area contributed by atoms with E-state index in [2.05, 4.69) is 28.9 Å². The average Bonchev–Trinajstić information content (AvgIpc) is 2.82. The predicted molar refractivity (Wildman–Crippen MR) is 73.0 cm³/mol. The van der Waals surface area contributed by atoms with Crippen molar-refractivity contribution in [2.75, 3.05) is 31.6 Å². The van der Waals surface area contributed by atoms with Crippen LogP contribution in [0.5, 0.6) is 0 Å². The van der Waals surface area contributed by atoms with Gasteiger partial charge in [-0.2, -0.15) is 5.10 Å². The van der Waals surface area contributed by atoms with E-state index in [9.17, 15) is 4.79 Å². The highest BCUT2D eigenvalue weighted by molar-refractivity contribution is 5.81. The van der Waals surface area contributed by atoms with Crippen LogP contribution in [-0.2, 0) is 4.79 Å². The molecule has 0 saturated carbocycles. The average molecular weight is 260 g/mol. The topological polar surface area (TPSA) is 49.3 Å². The van der Waals surface area contributed by atoms with Gasteiger partial charge in [0.05, 0.1) is 12.1 Å². The van der Waals surface area contributed by atoms with Gasteiger partial charge in [0.15, 0.2) is 5.82 Å². The van der Waals surface area contributed by atoms with Crippen LogP contribution in [0.15, 0.2) is 6.20 Å². The summed E-state index contributed by atoms with van der Waals surface area (Å²) in [4.78, 5) is 16.3. The first-order valence-electron chi connectivity index (χ1n) is 6.86. The van der Waals surface area contributed by atoms with Gasteiger partial charge in [-0.15, -0.1) is 5.10 Å². The van der Waals surface area contributed by atoms with E-state index in [1.807, 2.05) is 11.9 Å². The normalized spacial score (nSPS) is 26.8. The summed E-state index contributed by atoms with van der Waals surface area (Å²) in [6, 6.07) is 0. The molecule has 19 heavy (non-hydrogen) atoms. The van der Waals surface area contributed by atoms with Crippen LogP contribution in [0.2, 0.25) is 0 Å². The van der Waals surface area contributed by atoms with E-state index < -0.39 is 0 Å². The molecule has 3 heterocycles. The molecule has 102 valence electrons. The number of rotatable bonds is 1. The lowest BCUT2D eigenvalue weighted by atomic mass is 9.88. The first kappa shape index (κ1) is 12.4. The molecule has 3 rings (SSSR count). The van der Waals surface area contributed by atoms with Gasteiger partial charge in [0, 0.05) is 26.7 Å². The van der Waals surface area contributed by atoms with E-state index in [1.54, 1.807) is 6.20 Å². The molecule has 2 atom stereocenters.